The van der Waals surface area contributed by atoms with Crippen molar-refractivity contribution in [2.24, 2.45) is 17.1 Å². The highest BCUT2D eigenvalue weighted by Crippen LogP contribution is 2.54. The van der Waals surface area contributed by atoms with Crippen LogP contribution in [-0.4, -0.2) is 17.8 Å². The first-order valence-corrected chi connectivity index (χ1v) is 4.55. The van der Waals surface area contributed by atoms with Crippen molar-refractivity contribution in [3.63, 3.8) is 0 Å². The summed E-state index contributed by atoms with van der Waals surface area (Å²) in [5.41, 5.74) is 5.72. The Bertz CT molecular complexity index is 134. The van der Waals surface area contributed by atoms with Gasteiger partial charge in [-0.3, -0.25) is 0 Å². The molecule has 66 valence electrons. The summed E-state index contributed by atoms with van der Waals surface area (Å²) in [4.78, 5) is 0. The van der Waals surface area contributed by atoms with Gasteiger partial charge in [0.05, 0.1) is 6.10 Å². The zero-order chi connectivity index (χ0) is 8.48. The molecule has 1 fully saturated rings. The zero-order valence-electron chi connectivity index (χ0n) is 7.51. The second-order valence-corrected chi connectivity index (χ2v) is 3.85. The molecule has 2 nitrogen and oxygen atoms in total. The molecule has 3 atom stereocenters. The lowest BCUT2D eigenvalue weighted by molar-refractivity contribution is 0.0798. The van der Waals surface area contributed by atoms with Crippen LogP contribution in [0.15, 0.2) is 0 Å². The molecule has 0 aromatic rings. The molecule has 1 aliphatic rings. The summed E-state index contributed by atoms with van der Waals surface area (Å²) in [6.07, 6.45) is 2.91. The maximum absolute atomic E-state index is 9.73. The predicted molar refractivity (Wildman–Crippen MR) is 46.2 cm³/mol. The Morgan fingerprint density at radius 2 is 2.27 bits per heavy atom. The minimum atomic E-state index is -0.160. The Labute approximate surface area is 68.8 Å². The maximum Gasteiger partial charge on any atom is 0.0611 e. The Kier molecular flexibility index (Phi) is 2.55. The van der Waals surface area contributed by atoms with Crippen molar-refractivity contribution in [2.75, 3.05) is 6.54 Å². The molecule has 0 spiro atoms. The van der Waals surface area contributed by atoms with E-state index in [0.717, 1.165) is 19.3 Å². The molecule has 0 aliphatic heterocycles. The van der Waals surface area contributed by atoms with Gasteiger partial charge < -0.3 is 10.8 Å². The van der Waals surface area contributed by atoms with Gasteiger partial charge in [-0.05, 0) is 18.8 Å². The lowest BCUT2D eigenvalue weighted by atomic mass is 9.93. The molecule has 0 aromatic heterocycles. The Morgan fingerprint density at radius 3 is 2.55 bits per heavy atom. The second-order valence-electron chi connectivity index (χ2n) is 3.85. The van der Waals surface area contributed by atoms with Crippen LogP contribution in [0.3, 0.4) is 0 Å². The quantitative estimate of drug-likeness (QED) is 0.642. The fourth-order valence-electron chi connectivity index (χ4n) is 1.96. The second kappa shape index (κ2) is 3.11. The summed E-state index contributed by atoms with van der Waals surface area (Å²) in [5, 5.41) is 9.73. The molecular weight excluding hydrogens is 138 g/mol. The molecule has 1 saturated carbocycles. The highest BCUT2D eigenvalue weighted by atomic mass is 16.3. The van der Waals surface area contributed by atoms with E-state index in [9.17, 15) is 5.11 Å². The largest absolute Gasteiger partial charge is 0.392 e. The molecule has 1 aliphatic carbocycles. The van der Waals surface area contributed by atoms with Gasteiger partial charge in [0.1, 0.15) is 0 Å². The van der Waals surface area contributed by atoms with Gasteiger partial charge in [-0.15, -0.1) is 0 Å². The highest BCUT2D eigenvalue weighted by Gasteiger charge is 2.54. The first-order chi connectivity index (χ1) is 5.17. The number of nitrogens with two attached hydrogens (primary N) is 1. The summed E-state index contributed by atoms with van der Waals surface area (Å²) in [6, 6.07) is 0. The summed E-state index contributed by atoms with van der Waals surface area (Å²) < 4.78 is 0. The molecule has 0 radical (unpaired) electrons. The van der Waals surface area contributed by atoms with Crippen LogP contribution in [0.25, 0.3) is 0 Å². The number of hydrogen-bond acceptors (Lipinski definition) is 2. The third kappa shape index (κ3) is 1.42. The number of rotatable bonds is 4. The lowest BCUT2D eigenvalue weighted by Crippen LogP contribution is -2.31. The molecular formula is C9H19NO. The SMILES string of the molecule is CCC[C@H](O)[C@@]1(CN)C[C@H]1C. The van der Waals surface area contributed by atoms with E-state index in [0.29, 0.717) is 12.5 Å². The normalized spacial score (nSPS) is 38.7. The maximum atomic E-state index is 9.73. The minimum absolute atomic E-state index is 0.0933. The molecule has 3 N–H and O–H groups in total. The average Bonchev–Trinajstić information content (AvgIpc) is 2.63. The third-order valence-corrected chi connectivity index (χ3v) is 3.11. The minimum Gasteiger partial charge on any atom is -0.392 e. The van der Waals surface area contributed by atoms with E-state index >= 15 is 0 Å². The van der Waals surface area contributed by atoms with Gasteiger partial charge in [-0.2, -0.15) is 0 Å². The van der Waals surface area contributed by atoms with Crippen LogP contribution in [0.1, 0.15) is 33.1 Å². The van der Waals surface area contributed by atoms with Gasteiger partial charge in [-0.1, -0.05) is 20.3 Å². The predicted octanol–water partition coefficient (Wildman–Crippen LogP) is 1.13. The summed E-state index contributed by atoms with van der Waals surface area (Å²) in [7, 11) is 0. The fraction of sp³-hybridized carbons (Fsp3) is 1.00. The molecule has 0 heterocycles. The first-order valence-electron chi connectivity index (χ1n) is 4.55. The van der Waals surface area contributed by atoms with Gasteiger partial charge in [0.25, 0.3) is 0 Å². The van der Waals surface area contributed by atoms with E-state index in [-0.39, 0.29) is 11.5 Å². The molecule has 0 unspecified atom stereocenters. The highest BCUT2D eigenvalue weighted by molar-refractivity contribution is 5.05. The zero-order valence-corrected chi connectivity index (χ0v) is 7.51. The molecule has 1 rings (SSSR count). The van der Waals surface area contributed by atoms with E-state index in [4.69, 9.17) is 5.73 Å². The molecule has 11 heavy (non-hydrogen) atoms. The topological polar surface area (TPSA) is 46.2 Å². The first kappa shape index (κ1) is 9.01. The molecule has 0 bridgehead atoms. The van der Waals surface area contributed by atoms with Crippen molar-refractivity contribution in [1.82, 2.24) is 0 Å². The summed E-state index contributed by atoms with van der Waals surface area (Å²) in [5.74, 6) is 0.633. The van der Waals surface area contributed by atoms with Crippen LogP contribution < -0.4 is 5.73 Å². The number of hydrogen-bond donors (Lipinski definition) is 2. The fourth-order valence-corrected chi connectivity index (χ4v) is 1.96. The Balaban J connectivity index is 2.44. The Hall–Kier alpha value is -0.0800. The van der Waals surface area contributed by atoms with Crippen LogP contribution in [0.2, 0.25) is 0 Å². The van der Waals surface area contributed by atoms with Crippen LogP contribution in [-0.2, 0) is 0 Å². The van der Waals surface area contributed by atoms with Crippen molar-refractivity contribution >= 4 is 0 Å². The van der Waals surface area contributed by atoms with E-state index in [1.165, 1.54) is 0 Å². The molecule has 0 aromatic carbocycles. The van der Waals surface area contributed by atoms with Gasteiger partial charge in [0.15, 0.2) is 0 Å². The van der Waals surface area contributed by atoms with Crippen LogP contribution in [0.5, 0.6) is 0 Å². The lowest BCUT2D eigenvalue weighted by Gasteiger charge is -2.20. The van der Waals surface area contributed by atoms with Crippen molar-refractivity contribution in [2.45, 2.75) is 39.2 Å². The van der Waals surface area contributed by atoms with Crippen molar-refractivity contribution in [1.29, 1.82) is 0 Å². The van der Waals surface area contributed by atoms with Crippen molar-refractivity contribution < 1.29 is 5.11 Å². The van der Waals surface area contributed by atoms with Gasteiger partial charge in [0.2, 0.25) is 0 Å². The smallest absolute Gasteiger partial charge is 0.0611 e. The van der Waals surface area contributed by atoms with Crippen LogP contribution in [0, 0.1) is 11.3 Å². The van der Waals surface area contributed by atoms with Gasteiger partial charge in [0, 0.05) is 12.0 Å². The monoisotopic (exact) mass is 157 g/mol. The van der Waals surface area contributed by atoms with E-state index in [1.54, 1.807) is 0 Å². The van der Waals surface area contributed by atoms with E-state index in [1.807, 2.05) is 0 Å². The van der Waals surface area contributed by atoms with Gasteiger partial charge >= 0.3 is 0 Å². The van der Waals surface area contributed by atoms with E-state index in [2.05, 4.69) is 13.8 Å². The molecule has 2 heteroatoms. The van der Waals surface area contributed by atoms with Crippen molar-refractivity contribution in [3.8, 4) is 0 Å². The Morgan fingerprint density at radius 1 is 1.73 bits per heavy atom. The number of aliphatic hydroxyl groups excluding tert-OH is 1. The standard InChI is InChI=1S/C9H19NO/c1-3-4-8(11)9(6-10)5-7(9)2/h7-8,11H,3-6,10H2,1-2H3/t7-,8+,9-/m1/s1. The van der Waals surface area contributed by atoms with E-state index < -0.39 is 0 Å². The third-order valence-electron chi connectivity index (χ3n) is 3.11. The van der Waals surface area contributed by atoms with Crippen molar-refractivity contribution in [3.05, 3.63) is 0 Å². The average molecular weight is 157 g/mol. The van der Waals surface area contributed by atoms with Crippen LogP contribution >= 0.6 is 0 Å². The molecule has 0 saturated heterocycles. The summed E-state index contributed by atoms with van der Waals surface area (Å²) in [6.45, 7) is 4.92. The van der Waals surface area contributed by atoms with Crippen LogP contribution in [0.4, 0.5) is 0 Å². The van der Waals surface area contributed by atoms with Gasteiger partial charge in [-0.25, -0.2) is 0 Å². The molecule has 0 amide bonds. The number of aliphatic hydroxyl groups is 1. The summed E-state index contributed by atoms with van der Waals surface area (Å²) >= 11 is 0.